The number of thiol groups is 1. The summed E-state index contributed by atoms with van der Waals surface area (Å²) in [7, 11) is 0. The molecule has 0 bridgehead atoms. The number of hydrogen-bond donors (Lipinski definition) is 2. The third-order valence-electron chi connectivity index (χ3n) is 0.656. The molecule has 0 aromatic carbocycles. The van der Waals surface area contributed by atoms with Crippen molar-refractivity contribution < 1.29 is 9.59 Å². The van der Waals surface area contributed by atoms with Gasteiger partial charge in [-0.15, -0.1) is 0 Å². The lowest BCUT2D eigenvalue weighted by Crippen LogP contribution is -2.26. The van der Waals surface area contributed by atoms with Gasteiger partial charge in [-0.25, -0.2) is 0 Å². The van der Waals surface area contributed by atoms with E-state index in [1.165, 1.54) is 6.92 Å². The van der Waals surface area contributed by atoms with Gasteiger partial charge in [-0.05, 0) is 0 Å². The van der Waals surface area contributed by atoms with Gasteiger partial charge in [0.1, 0.15) is 0 Å². The second-order valence-electron chi connectivity index (χ2n) is 1.51. The van der Waals surface area contributed by atoms with Gasteiger partial charge in [0.25, 0.3) is 0 Å². The fourth-order valence-electron chi connectivity index (χ4n) is 0.257. The van der Waals surface area contributed by atoms with Gasteiger partial charge < -0.3 is 5.32 Å². The van der Waals surface area contributed by atoms with E-state index in [2.05, 4.69) is 17.9 Å². The van der Waals surface area contributed by atoms with Crippen LogP contribution in [0.5, 0.6) is 0 Å². The van der Waals surface area contributed by atoms with Crippen LogP contribution in [0.1, 0.15) is 6.92 Å². The summed E-state index contributed by atoms with van der Waals surface area (Å²) in [5.74, 6) is 0.711. The monoisotopic (exact) mass is 146 g/mol. The van der Waals surface area contributed by atoms with Crippen LogP contribution in [0.15, 0.2) is 0 Å². The first-order chi connectivity index (χ1) is 4.16. The fraction of sp³-hybridized carbons (Fsp3) is 0.400. The molecular weight excluding hydrogens is 138 g/mol. The molecule has 0 heterocycles. The maximum absolute atomic E-state index is 10.4. The Morgan fingerprint density at radius 2 is 2.22 bits per heavy atom. The van der Waals surface area contributed by atoms with Crippen molar-refractivity contribution in [2.75, 3.05) is 6.54 Å². The molecule has 9 heavy (non-hydrogen) atoms. The number of amides is 1. The summed E-state index contributed by atoms with van der Waals surface area (Å²) in [6.07, 6.45) is 0. The summed E-state index contributed by atoms with van der Waals surface area (Å²) in [5, 5.41) is 2.33. The lowest BCUT2D eigenvalue weighted by atomic mass is 10.4. The second kappa shape index (κ2) is 4.38. The molecular formula is C5H8NO2S. The zero-order valence-electron chi connectivity index (χ0n) is 5.05. The Hall–Kier alpha value is -0.510. The third-order valence-corrected chi connectivity index (χ3v) is 0.944. The van der Waals surface area contributed by atoms with Crippen molar-refractivity contribution in [2.24, 2.45) is 0 Å². The summed E-state index contributed by atoms with van der Waals surface area (Å²) in [5.41, 5.74) is 0. The van der Waals surface area contributed by atoms with E-state index in [0.717, 1.165) is 5.75 Å². The summed E-state index contributed by atoms with van der Waals surface area (Å²) < 4.78 is 0. The van der Waals surface area contributed by atoms with Crippen LogP contribution in [0.3, 0.4) is 0 Å². The van der Waals surface area contributed by atoms with Crippen LogP contribution in [-0.4, -0.2) is 18.2 Å². The predicted molar refractivity (Wildman–Crippen MR) is 37.0 cm³/mol. The smallest absolute Gasteiger partial charge is 0.217 e. The molecule has 0 saturated heterocycles. The highest BCUT2D eigenvalue weighted by atomic mass is 32.1. The normalized spacial score (nSPS) is 8.67. The SMILES string of the molecule is CC(=O)NCC(=O)[CH]S. The predicted octanol–water partition coefficient (Wildman–Crippen LogP) is -0.217. The molecule has 0 aliphatic heterocycles. The molecule has 0 atom stereocenters. The van der Waals surface area contributed by atoms with Gasteiger partial charge in [-0.3, -0.25) is 9.59 Å². The number of ketones is 1. The van der Waals surface area contributed by atoms with Gasteiger partial charge in [0.05, 0.1) is 12.3 Å². The molecule has 0 fully saturated rings. The average molecular weight is 146 g/mol. The average Bonchev–Trinajstić information content (AvgIpc) is 1.83. The Kier molecular flexibility index (Phi) is 4.13. The number of carbonyl (C=O) groups is 2. The van der Waals surface area contributed by atoms with Crippen LogP contribution >= 0.6 is 12.6 Å². The Bertz CT molecular complexity index is 124. The van der Waals surface area contributed by atoms with E-state index >= 15 is 0 Å². The zero-order chi connectivity index (χ0) is 7.28. The Labute approximate surface area is 59.2 Å². The number of nitrogens with one attached hydrogen (secondary N) is 1. The van der Waals surface area contributed by atoms with Crippen molar-refractivity contribution in [1.29, 1.82) is 0 Å². The van der Waals surface area contributed by atoms with Crippen LogP contribution < -0.4 is 5.32 Å². The molecule has 0 spiro atoms. The highest BCUT2D eigenvalue weighted by Crippen LogP contribution is 1.82. The van der Waals surface area contributed by atoms with E-state index in [1.54, 1.807) is 0 Å². The molecule has 1 N–H and O–H groups in total. The van der Waals surface area contributed by atoms with Crippen molar-refractivity contribution >= 4 is 24.3 Å². The van der Waals surface area contributed by atoms with Crippen molar-refractivity contribution in [3.63, 3.8) is 0 Å². The highest BCUT2D eigenvalue weighted by Gasteiger charge is 1.97. The maximum atomic E-state index is 10.4. The molecule has 0 aliphatic rings. The molecule has 0 aliphatic carbocycles. The van der Waals surface area contributed by atoms with E-state index in [9.17, 15) is 9.59 Å². The Morgan fingerprint density at radius 1 is 1.67 bits per heavy atom. The van der Waals surface area contributed by atoms with Gasteiger partial charge in [0.2, 0.25) is 5.91 Å². The van der Waals surface area contributed by atoms with Gasteiger partial charge in [-0.1, -0.05) is 0 Å². The number of hydrogen-bond acceptors (Lipinski definition) is 3. The minimum atomic E-state index is -0.210. The van der Waals surface area contributed by atoms with E-state index in [1.807, 2.05) is 0 Å². The van der Waals surface area contributed by atoms with Gasteiger partial charge in [0, 0.05) is 6.92 Å². The van der Waals surface area contributed by atoms with Crippen LogP contribution in [0, 0.1) is 5.75 Å². The van der Waals surface area contributed by atoms with Crippen molar-refractivity contribution in [2.45, 2.75) is 6.92 Å². The molecule has 1 amide bonds. The summed E-state index contributed by atoms with van der Waals surface area (Å²) in [4.78, 5) is 20.5. The van der Waals surface area contributed by atoms with Crippen LogP contribution in [0.25, 0.3) is 0 Å². The molecule has 51 valence electrons. The standard InChI is InChI=1S/C5H8NO2S/c1-4(7)6-2-5(8)3-9/h3,9H,2H2,1H3,(H,6,7). The molecule has 0 aromatic rings. The largest absolute Gasteiger partial charge is 0.349 e. The summed E-state index contributed by atoms with van der Waals surface area (Å²) in [6, 6.07) is 0. The molecule has 3 nitrogen and oxygen atoms in total. The van der Waals surface area contributed by atoms with E-state index in [4.69, 9.17) is 0 Å². The maximum Gasteiger partial charge on any atom is 0.217 e. The van der Waals surface area contributed by atoms with Gasteiger partial charge in [0.15, 0.2) is 5.78 Å². The van der Waals surface area contributed by atoms with Crippen molar-refractivity contribution in [3.8, 4) is 0 Å². The zero-order valence-corrected chi connectivity index (χ0v) is 5.94. The second-order valence-corrected chi connectivity index (χ2v) is 1.76. The van der Waals surface area contributed by atoms with Crippen molar-refractivity contribution in [1.82, 2.24) is 5.32 Å². The Morgan fingerprint density at radius 3 is 2.56 bits per heavy atom. The van der Waals surface area contributed by atoms with Gasteiger partial charge in [-0.2, -0.15) is 12.6 Å². The van der Waals surface area contributed by atoms with Crippen molar-refractivity contribution in [3.05, 3.63) is 5.75 Å². The van der Waals surface area contributed by atoms with Gasteiger partial charge >= 0.3 is 0 Å². The highest BCUT2D eigenvalue weighted by molar-refractivity contribution is 7.83. The molecule has 1 radical (unpaired) electrons. The summed E-state index contributed by atoms with van der Waals surface area (Å²) in [6.45, 7) is 1.39. The summed E-state index contributed by atoms with van der Waals surface area (Å²) >= 11 is 3.59. The number of carbonyl (C=O) groups excluding carboxylic acids is 2. The van der Waals surface area contributed by atoms with Crippen LogP contribution in [0.2, 0.25) is 0 Å². The van der Waals surface area contributed by atoms with E-state index in [-0.39, 0.29) is 18.2 Å². The molecule has 0 unspecified atom stereocenters. The first-order valence-corrected chi connectivity index (χ1v) is 2.93. The molecule has 4 heteroatoms. The topological polar surface area (TPSA) is 46.2 Å². The lowest BCUT2D eigenvalue weighted by molar-refractivity contribution is -0.122. The minimum absolute atomic E-state index is 0.0405. The quantitative estimate of drug-likeness (QED) is 0.541. The third kappa shape index (κ3) is 5.36. The first-order valence-electron chi connectivity index (χ1n) is 2.41. The first kappa shape index (κ1) is 8.49. The van der Waals surface area contributed by atoms with E-state index < -0.39 is 0 Å². The fourth-order valence-corrected chi connectivity index (χ4v) is 0.349. The molecule has 0 saturated carbocycles. The number of rotatable bonds is 3. The van der Waals surface area contributed by atoms with Crippen LogP contribution in [0.4, 0.5) is 0 Å². The Balaban J connectivity index is 3.28. The number of Topliss-reactive ketones (excluding diaryl/α,β-unsaturated/α-hetero) is 1. The lowest BCUT2D eigenvalue weighted by Gasteiger charge is -1.95. The minimum Gasteiger partial charge on any atom is -0.349 e. The van der Waals surface area contributed by atoms with E-state index in [0.29, 0.717) is 0 Å². The van der Waals surface area contributed by atoms with Crippen LogP contribution in [-0.2, 0) is 9.59 Å². The molecule has 0 aromatic heterocycles. The molecule has 0 rings (SSSR count).